The molecule has 0 radical (unpaired) electrons. The Labute approximate surface area is 219 Å². The number of rotatable bonds is 6. The SMILES string of the molecule is CCCCc1ccc(C(=O)OC2(CC)C(=O)OCc3c2cc2n(c3=O)Cc3cc4ccccc4nc3-2)nc1. The number of cyclic esters (lactones) is 1. The molecule has 1 atom stereocenters. The quantitative estimate of drug-likeness (QED) is 0.306. The third-order valence-corrected chi connectivity index (χ3v) is 7.50. The van der Waals surface area contributed by atoms with E-state index in [1.54, 1.807) is 29.8 Å². The zero-order chi connectivity index (χ0) is 26.4. The average molecular weight is 510 g/mol. The monoisotopic (exact) mass is 509 g/mol. The second-order valence-corrected chi connectivity index (χ2v) is 9.80. The molecule has 1 aromatic carbocycles. The van der Waals surface area contributed by atoms with E-state index >= 15 is 0 Å². The van der Waals surface area contributed by atoms with Crippen molar-refractivity contribution in [1.82, 2.24) is 14.5 Å². The van der Waals surface area contributed by atoms with Crippen LogP contribution in [-0.4, -0.2) is 26.5 Å². The fourth-order valence-electron chi connectivity index (χ4n) is 5.37. The summed E-state index contributed by atoms with van der Waals surface area (Å²) in [7, 11) is 0. The molecule has 8 heteroatoms. The van der Waals surface area contributed by atoms with Crippen molar-refractivity contribution in [2.24, 2.45) is 0 Å². The summed E-state index contributed by atoms with van der Waals surface area (Å²) >= 11 is 0. The number of nitrogens with zero attached hydrogens (tertiary/aromatic N) is 3. The lowest BCUT2D eigenvalue weighted by molar-refractivity contribution is -0.173. The van der Waals surface area contributed by atoms with Crippen LogP contribution in [0.1, 0.15) is 65.9 Å². The molecule has 0 N–H and O–H groups in total. The first-order chi connectivity index (χ1) is 18.4. The standard InChI is InChI=1S/C30H27N3O5/c1-3-5-8-18-11-12-24(31-15-18)28(35)38-30(4-2)22-14-25-26-20(13-19-9-6-7-10-23(19)32-26)16-33(25)27(34)21(22)17-37-29(30)36/h6-7,9-15H,3-5,8,16-17H2,1-2H3. The summed E-state index contributed by atoms with van der Waals surface area (Å²) in [5.74, 6) is -1.45. The highest BCUT2D eigenvalue weighted by Gasteiger charge is 2.50. The van der Waals surface area contributed by atoms with Crippen molar-refractivity contribution in [2.45, 2.75) is 58.3 Å². The molecule has 3 aromatic heterocycles. The molecule has 2 aliphatic rings. The smallest absolute Gasteiger partial charge is 0.358 e. The van der Waals surface area contributed by atoms with Crippen LogP contribution in [0.25, 0.3) is 22.3 Å². The number of carbonyl (C=O) groups excluding carboxylic acids is 2. The summed E-state index contributed by atoms with van der Waals surface area (Å²) in [5, 5.41) is 0.987. The second-order valence-electron chi connectivity index (χ2n) is 9.80. The van der Waals surface area contributed by atoms with Gasteiger partial charge < -0.3 is 14.0 Å². The Hall–Kier alpha value is -4.33. The molecule has 2 aliphatic heterocycles. The third kappa shape index (κ3) is 3.70. The first kappa shape index (κ1) is 24.0. The third-order valence-electron chi connectivity index (χ3n) is 7.50. The van der Waals surface area contributed by atoms with Crippen LogP contribution >= 0.6 is 0 Å². The van der Waals surface area contributed by atoms with Crippen molar-refractivity contribution >= 4 is 22.8 Å². The number of pyridine rings is 3. The molecule has 192 valence electrons. The van der Waals surface area contributed by atoms with Gasteiger partial charge >= 0.3 is 11.9 Å². The number of unbranched alkanes of at least 4 members (excludes halogenated alkanes) is 1. The Balaban J connectivity index is 1.43. The first-order valence-electron chi connectivity index (χ1n) is 13.0. The van der Waals surface area contributed by atoms with Crippen LogP contribution < -0.4 is 5.56 Å². The predicted octanol–water partition coefficient (Wildman–Crippen LogP) is 4.68. The number of carbonyl (C=O) groups is 2. The summed E-state index contributed by atoms with van der Waals surface area (Å²) in [6.07, 6.45) is 4.71. The van der Waals surface area contributed by atoms with Gasteiger partial charge in [0.15, 0.2) is 0 Å². The van der Waals surface area contributed by atoms with E-state index in [-0.39, 0.29) is 24.3 Å². The summed E-state index contributed by atoms with van der Waals surface area (Å²) < 4.78 is 13.0. The zero-order valence-electron chi connectivity index (χ0n) is 21.3. The number of ether oxygens (including phenoxy) is 2. The topological polar surface area (TPSA) is 100 Å². The molecule has 0 saturated carbocycles. The van der Waals surface area contributed by atoms with Crippen LogP contribution in [0.3, 0.4) is 0 Å². The first-order valence-corrected chi connectivity index (χ1v) is 13.0. The van der Waals surface area contributed by atoms with Gasteiger partial charge in [-0.3, -0.25) is 4.79 Å². The van der Waals surface area contributed by atoms with Gasteiger partial charge in [0.2, 0.25) is 5.60 Å². The molecule has 8 nitrogen and oxygen atoms in total. The molecule has 38 heavy (non-hydrogen) atoms. The number of esters is 2. The van der Waals surface area contributed by atoms with Crippen LogP contribution in [0.5, 0.6) is 0 Å². The van der Waals surface area contributed by atoms with Gasteiger partial charge in [-0.25, -0.2) is 19.6 Å². The van der Waals surface area contributed by atoms with Crippen molar-refractivity contribution in [3.05, 3.63) is 93.0 Å². The summed E-state index contributed by atoms with van der Waals surface area (Å²) in [5.41, 5.74) is 2.74. The number of benzene rings is 1. The fraction of sp³-hybridized carbons (Fsp3) is 0.300. The van der Waals surface area contributed by atoms with Crippen molar-refractivity contribution in [3.63, 3.8) is 0 Å². The summed E-state index contributed by atoms with van der Waals surface area (Å²) in [6.45, 7) is 4.04. The van der Waals surface area contributed by atoms with Gasteiger partial charge in [0.25, 0.3) is 5.56 Å². The van der Waals surface area contributed by atoms with E-state index in [1.165, 1.54) is 0 Å². The van der Waals surface area contributed by atoms with Gasteiger partial charge in [-0.1, -0.05) is 44.5 Å². The Morgan fingerprint density at radius 3 is 2.74 bits per heavy atom. The molecule has 0 bridgehead atoms. The number of hydrogen-bond donors (Lipinski definition) is 0. The lowest BCUT2D eigenvalue weighted by Crippen LogP contribution is -2.47. The number of para-hydroxylation sites is 1. The lowest BCUT2D eigenvalue weighted by Gasteiger charge is -2.35. The Kier molecular flexibility index (Phi) is 5.82. The normalized spacial score (nSPS) is 17.5. The van der Waals surface area contributed by atoms with Crippen molar-refractivity contribution in [1.29, 1.82) is 0 Å². The summed E-state index contributed by atoms with van der Waals surface area (Å²) in [6, 6.07) is 15.0. The van der Waals surface area contributed by atoms with E-state index in [1.807, 2.05) is 36.4 Å². The van der Waals surface area contributed by atoms with Crippen molar-refractivity contribution < 1.29 is 19.1 Å². The molecule has 0 amide bonds. The highest BCUT2D eigenvalue weighted by Crippen LogP contribution is 2.41. The number of hydrogen-bond acceptors (Lipinski definition) is 7. The largest absolute Gasteiger partial charge is 0.457 e. The van der Waals surface area contributed by atoms with Crippen molar-refractivity contribution in [3.8, 4) is 11.4 Å². The van der Waals surface area contributed by atoms with E-state index in [0.717, 1.165) is 41.3 Å². The maximum absolute atomic E-state index is 13.6. The zero-order valence-corrected chi connectivity index (χ0v) is 21.3. The van der Waals surface area contributed by atoms with Gasteiger partial charge in [0.1, 0.15) is 12.3 Å². The molecular formula is C30H27N3O5. The molecule has 6 rings (SSSR count). The van der Waals surface area contributed by atoms with E-state index in [4.69, 9.17) is 14.5 Å². The van der Waals surface area contributed by atoms with E-state index in [9.17, 15) is 14.4 Å². The van der Waals surface area contributed by atoms with E-state index < -0.39 is 17.5 Å². The Morgan fingerprint density at radius 2 is 1.97 bits per heavy atom. The lowest BCUT2D eigenvalue weighted by atomic mass is 9.85. The Bertz CT molecular complexity index is 1660. The average Bonchev–Trinajstić information content (AvgIpc) is 3.30. The van der Waals surface area contributed by atoms with Crippen LogP contribution in [0.15, 0.2) is 59.5 Å². The van der Waals surface area contributed by atoms with E-state index in [2.05, 4.69) is 11.9 Å². The van der Waals surface area contributed by atoms with Crippen molar-refractivity contribution in [2.75, 3.05) is 0 Å². The maximum Gasteiger partial charge on any atom is 0.358 e. The van der Waals surface area contributed by atoms with Crippen LogP contribution in [0, 0.1) is 0 Å². The maximum atomic E-state index is 13.6. The molecule has 1 unspecified atom stereocenters. The minimum absolute atomic E-state index is 0.0920. The minimum Gasteiger partial charge on any atom is -0.457 e. The van der Waals surface area contributed by atoms with E-state index in [0.29, 0.717) is 29.1 Å². The highest BCUT2D eigenvalue weighted by molar-refractivity contribution is 5.93. The molecule has 0 spiro atoms. The second kappa shape index (κ2) is 9.20. The van der Waals surface area contributed by atoms with Gasteiger partial charge in [0, 0.05) is 22.7 Å². The van der Waals surface area contributed by atoms with Crippen LogP contribution in [0.4, 0.5) is 0 Å². The molecule has 0 fully saturated rings. The van der Waals surface area contributed by atoms with Gasteiger partial charge in [-0.15, -0.1) is 0 Å². The minimum atomic E-state index is -1.76. The molecule has 5 heterocycles. The predicted molar refractivity (Wildman–Crippen MR) is 141 cm³/mol. The number of aromatic nitrogens is 3. The summed E-state index contributed by atoms with van der Waals surface area (Å²) in [4.78, 5) is 49.2. The number of fused-ring (bicyclic) bond motifs is 5. The molecular weight excluding hydrogens is 482 g/mol. The number of aryl methyl sites for hydroxylation is 1. The van der Waals surface area contributed by atoms with Gasteiger partial charge in [-0.05, 0) is 49.1 Å². The molecule has 4 aromatic rings. The Morgan fingerprint density at radius 1 is 1.13 bits per heavy atom. The molecule has 0 aliphatic carbocycles. The van der Waals surface area contributed by atoms with Gasteiger partial charge in [-0.2, -0.15) is 0 Å². The van der Waals surface area contributed by atoms with Crippen LogP contribution in [-0.2, 0) is 39.4 Å². The highest BCUT2D eigenvalue weighted by atomic mass is 16.6. The molecule has 0 saturated heterocycles. The van der Waals surface area contributed by atoms with Gasteiger partial charge in [0.05, 0.1) is 29.0 Å². The van der Waals surface area contributed by atoms with Crippen LogP contribution in [0.2, 0.25) is 0 Å². The fourth-order valence-corrected chi connectivity index (χ4v) is 5.37.